The Morgan fingerprint density at radius 2 is 2.13 bits per heavy atom. The Kier molecular flexibility index (Phi) is 7.49. The lowest BCUT2D eigenvalue weighted by molar-refractivity contribution is 0.114. The van der Waals surface area contributed by atoms with Crippen LogP contribution in [0.1, 0.15) is 50.7 Å². The van der Waals surface area contributed by atoms with E-state index in [-0.39, 0.29) is 6.10 Å². The van der Waals surface area contributed by atoms with Crippen molar-refractivity contribution >= 4 is 23.0 Å². The first-order valence-corrected chi connectivity index (χ1v) is 8.89. The van der Waals surface area contributed by atoms with Crippen molar-refractivity contribution in [3.63, 3.8) is 0 Å². The summed E-state index contributed by atoms with van der Waals surface area (Å²) in [6.45, 7) is 5.80. The van der Waals surface area contributed by atoms with E-state index in [1.54, 1.807) is 0 Å². The van der Waals surface area contributed by atoms with Crippen LogP contribution in [-0.2, 0) is 11.2 Å². The van der Waals surface area contributed by atoms with Gasteiger partial charge < -0.3 is 10.1 Å². The molecule has 1 aliphatic rings. The van der Waals surface area contributed by atoms with Crippen molar-refractivity contribution in [3.05, 3.63) is 35.4 Å². The number of nitrogens with one attached hydrogen (secondary N) is 2. The van der Waals surface area contributed by atoms with E-state index in [9.17, 15) is 0 Å². The molecular weight excluding hydrogens is 306 g/mol. The van der Waals surface area contributed by atoms with Gasteiger partial charge in [0.15, 0.2) is 5.11 Å². The van der Waals surface area contributed by atoms with Crippen LogP contribution >= 0.6 is 12.2 Å². The Morgan fingerprint density at radius 1 is 1.35 bits per heavy atom. The van der Waals surface area contributed by atoms with Crippen LogP contribution in [0.2, 0.25) is 0 Å². The predicted molar refractivity (Wildman–Crippen MR) is 100.0 cm³/mol. The second-order valence-electron chi connectivity index (χ2n) is 5.95. The SMILES string of the molecule is CCCCc1ccc(/C(C)=N\NC(=S)NC[C@H]2CCCO2)cc1. The zero-order chi connectivity index (χ0) is 16.5. The van der Waals surface area contributed by atoms with Crippen molar-refractivity contribution in [2.24, 2.45) is 5.10 Å². The molecule has 2 rings (SSSR count). The number of nitrogens with zero attached hydrogens (tertiary/aromatic N) is 1. The molecule has 0 aromatic heterocycles. The Morgan fingerprint density at radius 3 is 2.78 bits per heavy atom. The van der Waals surface area contributed by atoms with Gasteiger partial charge in [-0.2, -0.15) is 5.10 Å². The molecule has 126 valence electrons. The number of hydrogen-bond acceptors (Lipinski definition) is 3. The van der Waals surface area contributed by atoms with Crippen LogP contribution < -0.4 is 10.7 Å². The maximum atomic E-state index is 5.55. The van der Waals surface area contributed by atoms with Gasteiger partial charge in [-0.05, 0) is 56.0 Å². The summed E-state index contributed by atoms with van der Waals surface area (Å²) in [4.78, 5) is 0. The summed E-state index contributed by atoms with van der Waals surface area (Å²) >= 11 is 5.24. The standard InChI is InChI=1S/C18H27N3OS/c1-3-4-6-15-8-10-16(11-9-15)14(2)20-21-18(23)19-13-17-7-5-12-22-17/h8-11,17H,3-7,12-13H2,1-2H3,(H2,19,21,23)/b20-14-/t17-/m1/s1. The molecule has 2 N–H and O–H groups in total. The highest BCUT2D eigenvalue weighted by Gasteiger charge is 2.15. The van der Waals surface area contributed by atoms with Gasteiger partial charge >= 0.3 is 0 Å². The third-order valence-electron chi connectivity index (χ3n) is 4.03. The Bertz CT molecular complexity index is 522. The van der Waals surface area contributed by atoms with Gasteiger partial charge in [0.25, 0.3) is 0 Å². The highest BCUT2D eigenvalue weighted by Crippen LogP contribution is 2.10. The first-order valence-electron chi connectivity index (χ1n) is 8.48. The summed E-state index contributed by atoms with van der Waals surface area (Å²) in [5.41, 5.74) is 6.32. The molecule has 1 saturated heterocycles. The minimum Gasteiger partial charge on any atom is -0.376 e. The van der Waals surface area contributed by atoms with E-state index in [2.05, 4.69) is 47.0 Å². The zero-order valence-corrected chi connectivity index (χ0v) is 14.9. The van der Waals surface area contributed by atoms with Gasteiger partial charge in [0.05, 0.1) is 11.8 Å². The molecule has 1 heterocycles. The number of thiocarbonyl (C=S) groups is 1. The zero-order valence-electron chi connectivity index (χ0n) is 14.1. The number of unbranched alkanes of at least 4 members (excludes halogenated alkanes) is 1. The fourth-order valence-corrected chi connectivity index (χ4v) is 2.67. The van der Waals surface area contributed by atoms with Crippen LogP contribution in [0.25, 0.3) is 0 Å². The van der Waals surface area contributed by atoms with Crippen molar-refractivity contribution in [2.75, 3.05) is 13.2 Å². The molecule has 5 heteroatoms. The third kappa shape index (κ3) is 6.28. The highest BCUT2D eigenvalue weighted by atomic mass is 32.1. The molecule has 0 unspecified atom stereocenters. The average Bonchev–Trinajstić information content (AvgIpc) is 3.10. The first-order chi connectivity index (χ1) is 11.2. The normalized spacial score (nSPS) is 18.0. The molecule has 4 nitrogen and oxygen atoms in total. The molecule has 0 bridgehead atoms. The number of benzene rings is 1. The van der Waals surface area contributed by atoms with E-state index in [1.807, 2.05) is 6.92 Å². The molecule has 0 aliphatic carbocycles. The largest absolute Gasteiger partial charge is 0.376 e. The minimum absolute atomic E-state index is 0.274. The van der Waals surface area contributed by atoms with Gasteiger partial charge in [-0.15, -0.1) is 0 Å². The molecule has 1 aliphatic heterocycles. The molecule has 1 atom stereocenters. The maximum Gasteiger partial charge on any atom is 0.187 e. The molecule has 1 aromatic carbocycles. The van der Waals surface area contributed by atoms with E-state index < -0.39 is 0 Å². The number of ether oxygens (including phenoxy) is 1. The number of hydrogen-bond donors (Lipinski definition) is 2. The first kappa shape index (κ1) is 17.9. The van der Waals surface area contributed by atoms with E-state index in [4.69, 9.17) is 17.0 Å². The Hall–Kier alpha value is -1.46. The van der Waals surface area contributed by atoms with E-state index >= 15 is 0 Å². The molecule has 1 aromatic rings. The minimum atomic E-state index is 0.274. The summed E-state index contributed by atoms with van der Waals surface area (Å²) in [7, 11) is 0. The smallest absolute Gasteiger partial charge is 0.187 e. The lowest BCUT2D eigenvalue weighted by Crippen LogP contribution is -2.37. The van der Waals surface area contributed by atoms with Crippen LogP contribution in [0.15, 0.2) is 29.4 Å². The van der Waals surface area contributed by atoms with Crippen molar-refractivity contribution in [3.8, 4) is 0 Å². The summed E-state index contributed by atoms with van der Waals surface area (Å²) < 4.78 is 5.55. The van der Waals surface area contributed by atoms with Gasteiger partial charge in [0, 0.05) is 13.2 Å². The van der Waals surface area contributed by atoms with E-state index in [0.717, 1.165) is 43.7 Å². The van der Waals surface area contributed by atoms with E-state index in [1.165, 1.54) is 18.4 Å². The maximum absolute atomic E-state index is 5.55. The fraction of sp³-hybridized carbons (Fsp3) is 0.556. The monoisotopic (exact) mass is 333 g/mol. The summed E-state index contributed by atoms with van der Waals surface area (Å²) in [5, 5.41) is 8.05. The van der Waals surface area contributed by atoms with Gasteiger partial charge in [0.1, 0.15) is 0 Å². The predicted octanol–water partition coefficient (Wildman–Crippen LogP) is 3.40. The van der Waals surface area contributed by atoms with E-state index in [0.29, 0.717) is 5.11 Å². The van der Waals surface area contributed by atoms with Gasteiger partial charge in [-0.3, -0.25) is 5.43 Å². The molecule has 0 spiro atoms. The molecule has 0 saturated carbocycles. The van der Waals surface area contributed by atoms with Crippen LogP contribution in [0.4, 0.5) is 0 Å². The van der Waals surface area contributed by atoms with Crippen LogP contribution in [0.3, 0.4) is 0 Å². The molecular formula is C18H27N3OS. The number of aryl methyl sites for hydroxylation is 1. The summed E-state index contributed by atoms with van der Waals surface area (Å²) in [5.74, 6) is 0. The second-order valence-corrected chi connectivity index (χ2v) is 6.36. The van der Waals surface area contributed by atoms with Crippen molar-refractivity contribution in [2.45, 2.75) is 52.1 Å². The highest BCUT2D eigenvalue weighted by molar-refractivity contribution is 7.80. The molecule has 0 radical (unpaired) electrons. The van der Waals surface area contributed by atoms with Crippen molar-refractivity contribution in [1.82, 2.24) is 10.7 Å². The number of hydrazone groups is 1. The van der Waals surface area contributed by atoms with Gasteiger partial charge in [-0.25, -0.2) is 0 Å². The van der Waals surface area contributed by atoms with Crippen LogP contribution in [-0.4, -0.2) is 30.1 Å². The summed E-state index contributed by atoms with van der Waals surface area (Å²) in [6.07, 6.45) is 6.11. The van der Waals surface area contributed by atoms with Crippen molar-refractivity contribution in [1.29, 1.82) is 0 Å². The Labute approximate surface area is 144 Å². The second kappa shape index (κ2) is 9.63. The van der Waals surface area contributed by atoms with Gasteiger partial charge in [-0.1, -0.05) is 37.6 Å². The quantitative estimate of drug-likeness (QED) is 0.456. The lowest BCUT2D eigenvalue weighted by atomic mass is 10.0. The Balaban J connectivity index is 1.77. The number of rotatable bonds is 7. The van der Waals surface area contributed by atoms with Crippen molar-refractivity contribution < 1.29 is 4.74 Å². The summed E-state index contributed by atoms with van der Waals surface area (Å²) in [6, 6.07) is 8.60. The third-order valence-corrected chi connectivity index (χ3v) is 4.27. The fourth-order valence-electron chi connectivity index (χ4n) is 2.54. The average molecular weight is 334 g/mol. The molecule has 0 amide bonds. The molecule has 23 heavy (non-hydrogen) atoms. The van der Waals surface area contributed by atoms with Gasteiger partial charge in [0.2, 0.25) is 0 Å². The topological polar surface area (TPSA) is 45.7 Å². The molecule has 1 fully saturated rings. The van der Waals surface area contributed by atoms with Crippen LogP contribution in [0.5, 0.6) is 0 Å². The lowest BCUT2D eigenvalue weighted by Gasteiger charge is -2.12. The van der Waals surface area contributed by atoms with Crippen LogP contribution in [0, 0.1) is 0 Å².